The van der Waals surface area contributed by atoms with E-state index in [1.165, 1.54) is 0 Å². The highest BCUT2D eigenvalue weighted by Crippen LogP contribution is 2.46. The molecule has 15 heavy (non-hydrogen) atoms. The summed E-state index contributed by atoms with van der Waals surface area (Å²) in [5.41, 5.74) is 0. The maximum absolute atomic E-state index is 11.1. The Kier molecular flexibility index (Phi) is 4.31. The molecule has 0 aromatic carbocycles. The van der Waals surface area contributed by atoms with Crippen molar-refractivity contribution in [2.75, 3.05) is 13.7 Å². The third-order valence-electron chi connectivity index (χ3n) is 2.24. The summed E-state index contributed by atoms with van der Waals surface area (Å²) in [6, 6.07) is -0.566. The molecule has 1 rings (SSSR count). The maximum Gasteiger partial charge on any atom is 0.472 e. The fourth-order valence-corrected chi connectivity index (χ4v) is 2.05. The van der Waals surface area contributed by atoms with E-state index in [9.17, 15) is 9.67 Å². The lowest BCUT2D eigenvalue weighted by molar-refractivity contribution is -0.0109. The average molecular weight is 240 g/mol. The molecule has 0 saturated carbocycles. The van der Waals surface area contributed by atoms with Gasteiger partial charge in [0.1, 0.15) is 26.2 Å². The Balaban J connectivity index is 2.70. The van der Waals surface area contributed by atoms with Gasteiger partial charge in [-0.25, -0.2) is 4.57 Å². The summed E-state index contributed by atoms with van der Waals surface area (Å²) >= 11 is 0. The molecule has 1 aliphatic rings. The molecule has 9 heteroatoms. The molecule has 0 aromatic heterocycles. The number of hydrogen-bond donors (Lipinski definition) is 3. The lowest BCUT2D eigenvalue weighted by atomic mass is 9.93. The van der Waals surface area contributed by atoms with Crippen LogP contribution in [0.1, 0.15) is 0 Å². The van der Waals surface area contributed by atoms with Gasteiger partial charge in [0.15, 0.2) is 0 Å². The molecule has 0 bridgehead atoms. The van der Waals surface area contributed by atoms with E-state index in [0.29, 0.717) is 0 Å². The van der Waals surface area contributed by atoms with Gasteiger partial charge in [-0.15, -0.1) is 0 Å². The lowest BCUT2D eigenvalue weighted by Gasteiger charge is -2.21. The summed E-state index contributed by atoms with van der Waals surface area (Å²) in [4.78, 5) is 9.06. The van der Waals surface area contributed by atoms with E-state index < -0.39 is 38.7 Å². The summed E-state index contributed by atoms with van der Waals surface area (Å²) in [6.07, 6.45) is -2.97. The molecule has 0 aliphatic carbocycles. The zero-order valence-corrected chi connectivity index (χ0v) is 9.33. The first-order valence-electron chi connectivity index (χ1n) is 4.42. The SMILES string of the molecule is B[C@@H]1O[C@H](CO)C(OP(=O)(O)OC)[C@@H]1O. The van der Waals surface area contributed by atoms with E-state index in [4.69, 9.17) is 14.7 Å². The van der Waals surface area contributed by atoms with Crippen LogP contribution in [-0.2, 0) is 18.3 Å². The van der Waals surface area contributed by atoms with Gasteiger partial charge >= 0.3 is 7.82 Å². The number of hydrogen-bond acceptors (Lipinski definition) is 6. The van der Waals surface area contributed by atoms with Gasteiger partial charge in [0.05, 0.1) is 12.6 Å². The maximum atomic E-state index is 11.1. The summed E-state index contributed by atoms with van der Waals surface area (Å²) in [7, 11) is -1.60. The predicted molar refractivity (Wildman–Crippen MR) is 52.0 cm³/mol. The smallest absolute Gasteiger partial charge is 0.394 e. The van der Waals surface area contributed by atoms with E-state index in [2.05, 4.69) is 9.05 Å². The first-order chi connectivity index (χ1) is 6.91. The molecular formula is C6H14BO7P. The van der Waals surface area contributed by atoms with Crippen LogP contribution in [0, 0.1) is 0 Å². The molecule has 0 aromatic rings. The molecule has 88 valence electrons. The third-order valence-corrected chi connectivity index (χ3v) is 3.21. The van der Waals surface area contributed by atoms with E-state index >= 15 is 0 Å². The lowest BCUT2D eigenvalue weighted by Crippen LogP contribution is -2.36. The van der Waals surface area contributed by atoms with E-state index in [0.717, 1.165) is 7.11 Å². The molecule has 1 heterocycles. The van der Waals surface area contributed by atoms with Crippen LogP contribution in [0.5, 0.6) is 0 Å². The molecule has 2 unspecified atom stereocenters. The quantitative estimate of drug-likeness (QED) is 0.379. The molecule has 1 saturated heterocycles. The van der Waals surface area contributed by atoms with Crippen molar-refractivity contribution in [2.24, 2.45) is 0 Å². The van der Waals surface area contributed by atoms with Gasteiger partial charge in [0.25, 0.3) is 0 Å². The summed E-state index contributed by atoms with van der Waals surface area (Å²) in [5.74, 6) is 0. The first kappa shape index (κ1) is 13.1. The van der Waals surface area contributed by atoms with Gasteiger partial charge in [0.2, 0.25) is 0 Å². The Bertz CT molecular complexity index is 262. The largest absolute Gasteiger partial charge is 0.472 e. The normalized spacial score (nSPS) is 40.3. The minimum atomic E-state index is -4.19. The zero-order chi connectivity index (χ0) is 11.6. The Hall–Kier alpha value is 0.0549. The number of phosphoric ester groups is 1. The van der Waals surface area contributed by atoms with E-state index in [1.54, 1.807) is 7.85 Å². The number of rotatable bonds is 4. The van der Waals surface area contributed by atoms with Crippen molar-refractivity contribution in [3.05, 3.63) is 0 Å². The van der Waals surface area contributed by atoms with Crippen LogP contribution in [0.3, 0.4) is 0 Å². The van der Waals surface area contributed by atoms with Gasteiger partial charge in [-0.05, 0) is 0 Å². The van der Waals surface area contributed by atoms with Crippen molar-refractivity contribution in [1.82, 2.24) is 0 Å². The second kappa shape index (κ2) is 4.92. The highest BCUT2D eigenvalue weighted by atomic mass is 31.2. The predicted octanol–water partition coefficient (Wildman–Crippen LogP) is -2.17. The molecule has 0 spiro atoms. The van der Waals surface area contributed by atoms with Crippen LogP contribution in [-0.4, -0.2) is 61.0 Å². The molecule has 3 N–H and O–H groups in total. The van der Waals surface area contributed by atoms with Crippen molar-refractivity contribution in [3.63, 3.8) is 0 Å². The van der Waals surface area contributed by atoms with Crippen LogP contribution in [0.25, 0.3) is 0 Å². The van der Waals surface area contributed by atoms with Crippen molar-refractivity contribution >= 4 is 15.7 Å². The van der Waals surface area contributed by atoms with Crippen molar-refractivity contribution in [2.45, 2.75) is 24.3 Å². The van der Waals surface area contributed by atoms with Crippen molar-refractivity contribution in [1.29, 1.82) is 0 Å². The number of phosphoric acid groups is 1. The minimum Gasteiger partial charge on any atom is -0.394 e. The first-order valence-corrected chi connectivity index (χ1v) is 5.92. The highest BCUT2D eigenvalue weighted by Gasteiger charge is 2.45. The molecule has 7 nitrogen and oxygen atoms in total. The second-order valence-corrected chi connectivity index (χ2v) is 4.79. The minimum absolute atomic E-state index is 0.407. The average Bonchev–Trinajstić information content (AvgIpc) is 2.45. The Morgan fingerprint density at radius 2 is 2.20 bits per heavy atom. The Morgan fingerprint density at radius 3 is 2.67 bits per heavy atom. The third kappa shape index (κ3) is 3.01. The second-order valence-electron chi connectivity index (χ2n) is 3.27. The number of aliphatic hydroxyl groups is 2. The number of aliphatic hydroxyl groups excluding tert-OH is 2. The van der Waals surface area contributed by atoms with Crippen LogP contribution in [0.4, 0.5) is 0 Å². The van der Waals surface area contributed by atoms with Gasteiger partial charge in [-0.1, -0.05) is 0 Å². The van der Waals surface area contributed by atoms with Crippen LogP contribution in [0.2, 0.25) is 0 Å². The fraction of sp³-hybridized carbons (Fsp3) is 1.00. The fourth-order valence-electron chi connectivity index (χ4n) is 1.39. The van der Waals surface area contributed by atoms with Gasteiger partial charge in [-0.3, -0.25) is 9.05 Å². The van der Waals surface area contributed by atoms with Gasteiger partial charge in [-0.2, -0.15) is 0 Å². The molecule has 1 aliphatic heterocycles. The number of ether oxygens (including phenoxy) is 1. The summed E-state index contributed by atoms with van der Waals surface area (Å²) in [5, 5.41) is 18.5. The molecular weight excluding hydrogens is 226 g/mol. The Labute approximate surface area is 88.0 Å². The van der Waals surface area contributed by atoms with Crippen LogP contribution in [0.15, 0.2) is 0 Å². The molecule has 1 fully saturated rings. The van der Waals surface area contributed by atoms with Gasteiger partial charge in [0, 0.05) is 7.11 Å². The molecule has 5 atom stereocenters. The molecule has 0 radical (unpaired) electrons. The summed E-state index contributed by atoms with van der Waals surface area (Å²) in [6.45, 7) is -0.407. The standard InChI is InChI=1S/C6H14BO7P/c1-12-15(10,11)14-5-3(2-8)13-6(7)4(5)9/h3-6,8-9H,2,7H2,1H3,(H,10,11)/t3-,4+,5?,6-/m1/s1. The van der Waals surface area contributed by atoms with Crippen LogP contribution < -0.4 is 0 Å². The van der Waals surface area contributed by atoms with E-state index in [1.807, 2.05) is 0 Å². The van der Waals surface area contributed by atoms with Crippen LogP contribution >= 0.6 is 7.82 Å². The summed E-state index contributed by atoms with van der Waals surface area (Å²) < 4.78 is 25.1. The Morgan fingerprint density at radius 1 is 1.60 bits per heavy atom. The monoisotopic (exact) mass is 240 g/mol. The molecule has 0 amide bonds. The topological polar surface area (TPSA) is 105 Å². The highest BCUT2D eigenvalue weighted by molar-refractivity contribution is 7.47. The van der Waals surface area contributed by atoms with Crippen molar-refractivity contribution in [3.8, 4) is 0 Å². The van der Waals surface area contributed by atoms with E-state index in [-0.39, 0.29) is 0 Å². The van der Waals surface area contributed by atoms with Gasteiger partial charge < -0.3 is 19.8 Å². The van der Waals surface area contributed by atoms with Crippen molar-refractivity contribution < 1.29 is 33.5 Å². The zero-order valence-electron chi connectivity index (χ0n) is 8.44.